The number of rotatable bonds is 5. The van der Waals surface area contributed by atoms with Gasteiger partial charge in [0.05, 0.1) is 17.7 Å². The molecule has 0 amide bonds. The number of nitro groups is 1. The van der Waals surface area contributed by atoms with Crippen molar-refractivity contribution in [1.29, 1.82) is 0 Å². The summed E-state index contributed by atoms with van der Waals surface area (Å²) >= 11 is 5.76. The molecule has 0 unspecified atom stereocenters. The van der Waals surface area contributed by atoms with E-state index in [1.165, 1.54) is 6.07 Å². The Bertz CT molecular complexity index is 626. The molecule has 0 saturated heterocycles. The highest BCUT2D eigenvalue weighted by Crippen LogP contribution is 2.27. The van der Waals surface area contributed by atoms with Crippen molar-refractivity contribution >= 4 is 23.0 Å². The van der Waals surface area contributed by atoms with Gasteiger partial charge >= 0.3 is 0 Å². The van der Waals surface area contributed by atoms with Crippen molar-refractivity contribution in [3.8, 4) is 0 Å². The van der Waals surface area contributed by atoms with Crippen LogP contribution in [0.1, 0.15) is 25.6 Å². The lowest BCUT2D eigenvalue weighted by Crippen LogP contribution is -2.03. The fraction of sp³-hybridized carbons (Fsp3) is 0.333. The van der Waals surface area contributed by atoms with Crippen LogP contribution in [-0.4, -0.2) is 19.9 Å². The molecule has 20 heavy (non-hydrogen) atoms. The van der Waals surface area contributed by atoms with Crippen molar-refractivity contribution < 1.29 is 4.92 Å². The number of nitrogens with one attached hydrogen (secondary N) is 1. The molecule has 106 valence electrons. The fourth-order valence-corrected chi connectivity index (χ4v) is 1.80. The highest BCUT2D eigenvalue weighted by molar-refractivity contribution is 6.30. The minimum Gasteiger partial charge on any atom is -0.374 e. The molecule has 8 heteroatoms. The van der Waals surface area contributed by atoms with Gasteiger partial charge in [0.2, 0.25) is 0 Å². The molecule has 0 spiro atoms. The van der Waals surface area contributed by atoms with Crippen molar-refractivity contribution in [3.63, 3.8) is 0 Å². The molecule has 0 fully saturated rings. The molecule has 1 N–H and O–H groups in total. The Morgan fingerprint density at radius 2 is 2.25 bits per heavy atom. The Balaban J connectivity index is 2.12. The number of benzene rings is 1. The molecule has 1 aromatic carbocycles. The maximum atomic E-state index is 11.0. The molecular formula is C12H14ClN5O2. The van der Waals surface area contributed by atoms with Gasteiger partial charge in [-0.2, -0.15) is 0 Å². The Labute approximate surface area is 120 Å². The van der Waals surface area contributed by atoms with Crippen LogP contribution in [0, 0.1) is 10.1 Å². The van der Waals surface area contributed by atoms with Crippen molar-refractivity contribution in [2.45, 2.75) is 26.4 Å². The maximum Gasteiger partial charge on any atom is 0.293 e. The topological polar surface area (TPSA) is 85.9 Å². The van der Waals surface area contributed by atoms with Gasteiger partial charge in [-0.25, -0.2) is 4.68 Å². The van der Waals surface area contributed by atoms with E-state index in [2.05, 4.69) is 15.6 Å². The second-order valence-corrected chi connectivity index (χ2v) is 4.99. The summed E-state index contributed by atoms with van der Waals surface area (Å²) in [7, 11) is 0. The van der Waals surface area contributed by atoms with Crippen LogP contribution in [0.2, 0.25) is 5.02 Å². The minimum atomic E-state index is -0.473. The van der Waals surface area contributed by atoms with Crippen LogP contribution >= 0.6 is 11.6 Å². The molecule has 0 aliphatic carbocycles. The zero-order valence-electron chi connectivity index (χ0n) is 11.1. The first kappa shape index (κ1) is 14.3. The van der Waals surface area contributed by atoms with Crippen LogP contribution in [0.5, 0.6) is 0 Å². The van der Waals surface area contributed by atoms with E-state index < -0.39 is 4.92 Å². The molecule has 2 rings (SSSR count). The van der Waals surface area contributed by atoms with E-state index in [1.807, 2.05) is 13.8 Å². The highest BCUT2D eigenvalue weighted by Gasteiger charge is 2.14. The van der Waals surface area contributed by atoms with Gasteiger partial charge in [0.25, 0.3) is 5.69 Å². The van der Waals surface area contributed by atoms with Crippen LogP contribution in [0.25, 0.3) is 0 Å². The first-order valence-electron chi connectivity index (χ1n) is 6.06. The summed E-state index contributed by atoms with van der Waals surface area (Å²) in [6.45, 7) is 4.35. The number of nitro benzene ring substituents is 1. The van der Waals surface area contributed by atoms with Crippen LogP contribution in [0.15, 0.2) is 24.4 Å². The van der Waals surface area contributed by atoms with E-state index in [1.54, 1.807) is 23.0 Å². The molecule has 0 bridgehead atoms. The lowest BCUT2D eigenvalue weighted by Gasteiger charge is -2.05. The largest absolute Gasteiger partial charge is 0.374 e. The highest BCUT2D eigenvalue weighted by atomic mass is 35.5. The summed E-state index contributed by atoms with van der Waals surface area (Å²) < 4.78 is 1.73. The summed E-state index contributed by atoms with van der Waals surface area (Å²) in [6.07, 6.45) is 1.80. The predicted molar refractivity (Wildman–Crippen MR) is 75.8 cm³/mol. The molecule has 1 aromatic heterocycles. The number of hydrogen-bond donors (Lipinski definition) is 1. The SMILES string of the molecule is CC(C)n1cc(CNc2ccc(Cl)cc2[N+](=O)[O-])nn1. The minimum absolute atomic E-state index is 0.0613. The van der Waals surface area contributed by atoms with Gasteiger partial charge in [0.1, 0.15) is 11.4 Å². The molecule has 1 heterocycles. The average Bonchev–Trinajstić information content (AvgIpc) is 2.86. The Morgan fingerprint density at radius 3 is 2.85 bits per heavy atom. The summed E-state index contributed by atoms with van der Waals surface area (Å²) in [5, 5.41) is 22.2. The molecule has 0 aliphatic rings. The Morgan fingerprint density at radius 1 is 1.50 bits per heavy atom. The van der Waals surface area contributed by atoms with Gasteiger partial charge in [-0.1, -0.05) is 16.8 Å². The molecule has 0 saturated carbocycles. The summed E-state index contributed by atoms with van der Waals surface area (Å²) in [5.41, 5.74) is 1.05. The number of anilines is 1. The monoisotopic (exact) mass is 295 g/mol. The first-order chi connectivity index (χ1) is 9.47. The molecule has 0 radical (unpaired) electrons. The first-order valence-corrected chi connectivity index (χ1v) is 6.43. The van der Waals surface area contributed by atoms with Crippen LogP contribution in [-0.2, 0) is 6.54 Å². The van der Waals surface area contributed by atoms with Crippen molar-refractivity contribution in [2.24, 2.45) is 0 Å². The van der Waals surface area contributed by atoms with E-state index in [-0.39, 0.29) is 11.7 Å². The third-order valence-corrected chi connectivity index (χ3v) is 2.94. The van der Waals surface area contributed by atoms with Crippen LogP contribution < -0.4 is 5.32 Å². The fourth-order valence-electron chi connectivity index (χ4n) is 1.64. The second kappa shape index (κ2) is 5.87. The molecule has 0 aliphatic heterocycles. The molecule has 7 nitrogen and oxygen atoms in total. The van der Waals surface area contributed by atoms with Gasteiger partial charge in [0.15, 0.2) is 0 Å². The molecule has 2 aromatic rings. The zero-order chi connectivity index (χ0) is 14.7. The number of aromatic nitrogens is 3. The summed E-state index contributed by atoms with van der Waals surface area (Å²) in [6, 6.07) is 4.71. The van der Waals surface area contributed by atoms with Crippen molar-refractivity contribution in [2.75, 3.05) is 5.32 Å². The average molecular weight is 296 g/mol. The smallest absolute Gasteiger partial charge is 0.293 e. The van der Waals surface area contributed by atoms with Gasteiger partial charge < -0.3 is 5.32 Å². The van der Waals surface area contributed by atoms with E-state index >= 15 is 0 Å². The molecule has 0 atom stereocenters. The second-order valence-electron chi connectivity index (χ2n) is 4.56. The third kappa shape index (κ3) is 3.24. The van der Waals surface area contributed by atoms with Gasteiger partial charge in [-0.05, 0) is 26.0 Å². The maximum absolute atomic E-state index is 11.0. The van der Waals surface area contributed by atoms with Crippen LogP contribution in [0.3, 0.4) is 0 Å². The quantitative estimate of drug-likeness (QED) is 0.677. The zero-order valence-corrected chi connectivity index (χ0v) is 11.8. The lowest BCUT2D eigenvalue weighted by molar-refractivity contribution is -0.383. The van der Waals surface area contributed by atoms with E-state index in [0.717, 1.165) is 0 Å². The van der Waals surface area contributed by atoms with Gasteiger partial charge in [-0.3, -0.25) is 10.1 Å². The number of halogens is 1. The number of hydrogen-bond acceptors (Lipinski definition) is 5. The van der Waals surface area contributed by atoms with Gasteiger partial charge in [-0.15, -0.1) is 5.10 Å². The van der Waals surface area contributed by atoms with E-state index in [9.17, 15) is 10.1 Å². The standard InChI is InChI=1S/C12H14ClN5O2/c1-8(2)17-7-10(15-16-17)6-14-11-4-3-9(13)5-12(11)18(19)20/h3-5,7-8,14H,6H2,1-2H3. The Hall–Kier alpha value is -2.15. The summed E-state index contributed by atoms with van der Waals surface area (Å²) in [4.78, 5) is 10.5. The van der Waals surface area contributed by atoms with Crippen molar-refractivity contribution in [1.82, 2.24) is 15.0 Å². The van der Waals surface area contributed by atoms with E-state index in [4.69, 9.17) is 11.6 Å². The molecular weight excluding hydrogens is 282 g/mol. The normalized spacial score (nSPS) is 10.8. The van der Waals surface area contributed by atoms with E-state index in [0.29, 0.717) is 22.9 Å². The summed E-state index contributed by atoms with van der Waals surface area (Å²) in [5.74, 6) is 0. The van der Waals surface area contributed by atoms with Crippen LogP contribution in [0.4, 0.5) is 11.4 Å². The predicted octanol–water partition coefficient (Wildman–Crippen LogP) is 3.03. The third-order valence-electron chi connectivity index (χ3n) is 2.70. The Kier molecular flexibility index (Phi) is 4.19. The number of nitrogens with zero attached hydrogens (tertiary/aromatic N) is 4. The van der Waals surface area contributed by atoms with Crippen molar-refractivity contribution in [3.05, 3.63) is 45.2 Å². The van der Waals surface area contributed by atoms with Gasteiger partial charge in [0, 0.05) is 17.1 Å². The lowest BCUT2D eigenvalue weighted by atomic mass is 10.2.